The normalized spacial score (nSPS) is 12.9. The molecular weight excluding hydrogens is 432 g/mol. The molecule has 1 N–H and O–H groups in total. The summed E-state index contributed by atoms with van der Waals surface area (Å²) in [5, 5.41) is 21.5. The Morgan fingerprint density at radius 2 is 1.90 bits per heavy atom. The molecular formula is C22H23ClN6OS. The highest BCUT2D eigenvalue weighted by atomic mass is 35.5. The first-order valence-electron chi connectivity index (χ1n) is 9.65. The molecule has 2 aromatic carbocycles. The minimum atomic E-state index is -0.441. The van der Waals surface area contributed by atoms with Crippen molar-refractivity contribution in [3.8, 4) is 11.8 Å². The Morgan fingerprint density at radius 3 is 2.55 bits per heavy atom. The monoisotopic (exact) mass is 454 g/mol. The van der Waals surface area contributed by atoms with Crippen molar-refractivity contribution in [1.29, 1.82) is 5.26 Å². The Bertz CT molecular complexity index is 1110. The van der Waals surface area contributed by atoms with Crippen molar-refractivity contribution >= 4 is 35.0 Å². The van der Waals surface area contributed by atoms with Crippen LogP contribution in [0.5, 0.6) is 0 Å². The van der Waals surface area contributed by atoms with Crippen LogP contribution in [0.2, 0.25) is 5.02 Å². The van der Waals surface area contributed by atoms with E-state index in [0.717, 1.165) is 11.5 Å². The summed E-state index contributed by atoms with van der Waals surface area (Å²) in [5.74, 6) is 0.581. The Hall–Kier alpha value is -2.86. The number of anilines is 1. The lowest BCUT2D eigenvalue weighted by atomic mass is 10.2. The van der Waals surface area contributed by atoms with Crippen molar-refractivity contribution in [2.24, 2.45) is 0 Å². The third kappa shape index (κ3) is 5.44. The van der Waals surface area contributed by atoms with Crippen LogP contribution in [-0.2, 0) is 4.79 Å². The lowest BCUT2D eigenvalue weighted by Gasteiger charge is -2.21. The molecule has 0 spiro atoms. The highest BCUT2D eigenvalue weighted by Crippen LogP contribution is 2.30. The summed E-state index contributed by atoms with van der Waals surface area (Å²) in [5.41, 5.74) is 1.94. The number of benzene rings is 2. The molecule has 0 saturated carbocycles. The van der Waals surface area contributed by atoms with E-state index in [2.05, 4.69) is 21.6 Å². The van der Waals surface area contributed by atoms with Gasteiger partial charge in [0.1, 0.15) is 0 Å². The van der Waals surface area contributed by atoms with Gasteiger partial charge in [0, 0.05) is 16.4 Å². The number of nitrogens with zero attached hydrogens (tertiary/aromatic N) is 5. The maximum absolute atomic E-state index is 12.8. The number of nitrogens with one attached hydrogen (secondary N) is 1. The van der Waals surface area contributed by atoms with Crippen molar-refractivity contribution in [1.82, 2.24) is 19.7 Å². The highest BCUT2D eigenvalue weighted by Gasteiger charge is 2.24. The predicted molar refractivity (Wildman–Crippen MR) is 124 cm³/mol. The van der Waals surface area contributed by atoms with Crippen LogP contribution in [-0.4, -0.2) is 44.9 Å². The van der Waals surface area contributed by atoms with E-state index in [4.69, 9.17) is 16.9 Å². The van der Waals surface area contributed by atoms with Crippen molar-refractivity contribution in [2.45, 2.75) is 30.3 Å². The number of halogens is 1. The van der Waals surface area contributed by atoms with Crippen LogP contribution < -0.4 is 5.32 Å². The first-order valence-corrected chi connectivity index (χ1v) is 10.9. The number of nitriles is 1. The molecule has 31 heavy (non-hydrogen) atoms. The third-order valence-corrected chi connectivity index (χ3v) is 6.10. The molecule has 0 radical (unpaired) electrons. The predicted octanol–water partition coefficient (Wildman–Crippen LogP) is 4.53. The molecule has 3 aromatic rings. The van der Waals surface area contributed by atoms with Crippen LogP contribution in [0.15, 0.2) is 53.7 Å². The second kappa shape index (κ2) is 9.96. The molecule has 9 heteroatoms. The zero-order valence-electron chi connectivity index (χ0n) is 17.7. The number of hydrogen-bond acceptors (Lipinski definition) is 6. The quantitative estimate of drug-likeness (QED) is 0.527. The summed E-state index contributed by atoms with van der Waals surface area (Å²) >= 11 is 7.38. The number of hydrogen-bond donors (Lipinski definition) is 1. The highest BCUT2D eigenvalue weighted by molar-refractivity contribution is 8.00. The Kier molecular flexibility index (Phi) is 7.33. The van der Waals surface area contributed by atoms with Gasteiger partial charge in [0.25, 0.3) is 0 Å². The van der Waals surface area contributed by atoms with Crippen molar-refractivity contribution in [3.05, 3.63) is 64.9 Å². The van der Waals surface area contributed by atoms with Crippen molar-refractivity contribution in [3.63, 3.8) is 0 Å². The van der Waals surface area contributed by atoms with E-state index in [9.17, 15) is 4.79 Å². The van der Waals surface area contributed by atoms with E-state index in [1.807, 2.05) is 61.7 Å². The molecule has 1 amide bonds. The largest absolute Gasteiger partial charge is 0.325 e. The average Bonchev–Trinajstić information content (AvgIpc) is 3.17. The summed E-state index contributed by atoms with van der Waals surface area (Å²) < 4.78 is 1.95. The molecule has 2 atom stereocenters. The number of carbonyl (C=O) groups excluding carboxylic acids is 1. The number of rotatable bonds is 7. The number of aromatic nitrogens is 3. The fourth-order valence-corrected chi connectivity index (χ4v) is 3.81. The fourth-order valence-electron chi connectivity index (χ4n) is 2.81. The minimum Gasteiger partial charge on any atom is -0.325 e. The van der Waals surface area contributed by atoms with Crippen molar-refractivity contribution in [2.75, 3.05) is 19.4 Å². The maximum atomic E-state index is 12.8. The Morgan fingerprint density at radius 1 is 1.19 bits per heavy atom. The first kappa shape index (κ1) is 22.8. The lowest BCUT2D eigenvalue weighted by Crippen LogP contribution is -2.23. The molecule has 0 saturated heterocycles. The molecule has 1 heterocycles. The van der Waals surface area contributed by atoms with Gasteiger partial charge >= 0.3 is 0 Å². The van der Waals surface area contributed by atoms with Crippen molar-refractivity contribution < 1.29 is 4.79 Å². The van der Waals surface area contributed by atoms with Gasteiger partial charge in [-0.1, -0.05) is 29.4 Å². The van der Waals surface area contributed by atoms with E-state index in [-0.39, 0.29) is 11.9 Å². The standard InChI is InChI=1S/C22H23ClN6OS/c1-14(28(3)4)20-26-27-22(29(20)19-10-8-17(23)9-11-19)31-15(2)21(30)25-18-7-5-6-16(12-18)13-24/h5-12,14-15H,1-4H3,(H,25,30). The van der Waals surface area contributed by atoms with E-state index >= 15 is 0 Å². The van der Waals surface area contributed by atoms with Crippen LogP contribution in [0, 0.1) is 11.3 Å². The third-order valence-electron chi connectivity index (χ3n) is 4.80. The minimum absolute atomic E-state index is 0.00961. The molecule has 0 bridgehead atoms. The summed E-state index contributed by atoms with van der Waals surface area (Å²) in [4.78, 5) is 14.8. The van der Waals surface area contributed by atoms with Gasteiger partial charge < -0.3 is 5.32 Å². The fraction of sp³-hybridized carbons (Fsp3) is 0.273. The zero-order chi connectivity index (χ0) is 22.5. The van der Waals surface area contributed by atoms with Gasteiger partial charge in [0.15, 0.2) is 11.0 Å². The van der Waals surface area contributed by atoms with E-state index in [1.54, 1.807) is 24.3 Å². The molecule has 0 fully saturated rings. The van der Waals surface area contributed by atoms with Gasteiger partial charge in [-0.25, -0.2) is 0 Å². The molecule has 3 rings (SSSR count). The lowest BCUT2D eigenvalue weighted by molar-refractivity contribution is -0.115. The molecule has 7 nitrogen and oxygen atoms in total. The van der Waals surface area contributed by atoms with Crippen LogP contribution in [0.1, 0.15) is 31.3 Å². The number of thioether (sulfide) groups is 1. The van der Waals surface area contributed by atoms with Gasteiger partial charge in [0.05, 0.1) is 22.9 Å². The summed E-state index contributed by atoms with van der Waals surface area (Å²) in [7, 11) is 3.95. The van der Waals surface area contributed by atoms with E-state index < -0.39 is 5.25 Å². The molecule has 0 aliphatic heterocycles. The van der Waals surface area contributed by atoms with Crippen LogP contribution in [0.3, 0.4) is 0 Å². The maximum Gasteiger partial charge on any atom is 0.237 e. The SMILES string of the molecule is CC(Sc1nnc(C(C)N(C)C)n1-c1ccc(Cl)cc1)C(=O)Nc1cccc(C#N)c1. The second-order valence-corrected chi connectivity index (χ2v) is 8.98. The first-order chi connectivity index (χ1) is 14.8. The summed E-state index contributed by atoms with van der Waals surface area (Å²) in [6.07, 6.45) is 0. The number of carbonyl (C=O) groups is 1. The molecule has 2 unspecified atom stereocenters. The Balaban J connectivity index is 1.87. The van der Waals surface area contributed by atoms with Gasteiger partial charge in [-0.3, -0.25) is 14.3 Å². The van der Waals surface area contributed by atoms with Gasteiger partial charge in [-0.05, 0) is 70.4 Å². The van der Waals surface area contributed by atoms with E-state index in [1.165, 1.54) is 11.8 Å². The molecule has 0 aliphatic carbocycles. The second-order valence-electron chi connectivity index (χ2n) is 7.23. The molecule has 160 valence electrons. The van der Waals surface area contributed by atoms with Crippen LogP contribution in [0.4, 0.5) is 5.69 Å². The van der Waals surface area contributed by atoms with Crippen LogP contribution >= 0.6 is 23.4 Å². The topological polar surface area (TPSA) is 86.8 Å². The zero-order valence-corrected chi connectivity index (χ0v) is 19.3. The smallest absolute Gasteiger partial charge is 0.237 e. The average molecular weight is 455 g/mol. The van der Waals surface area contributed by atoms with Gasteiger partial charge in [0.2, 0.25) is 5.91 Å². The van der Waals surface area contributed by atoms with Crippen LogP contribution in [0.25, 0.3) is 5.69 Å². The van der Waals surface area contributed by atoms with E-state index in [0.29, 0.717) is 21.4 Å². The summed E-state index contributed by atoms with van der Waals surface area (Å²) in [6.45, 7) is 3.85. The van der Waals surface area contributed by atoms with Gasteiger partial charge in [-0.2, -0.15) is 5.26 Å². The summed E-state index contributed by atoms with van der Waals surface area (Å²) in [6, 6.07) is 16.3. The van der Waals surface area contributed by atoms with Gasteiger partial charge in [-0.15, -0.1) is 10.2 Å². The Labute approximate surface area is 191 Å². The molecule has 1 aromatic heterocycles. The number of amides is 1. The molecule has 0 aliphatic rings.